The van der Waals surface area contributed by atoms with Crippen molar-refractivity contribution in [2.24, 2.45) is 0 Å². The maximum atomic E-state index is 13.7. The van der Waals surface area contributed by atoms with Crippen LogP contribution in [0.2, 0.25) is 5.02 Å². The Balaban J connectivity index is 1.86. The minimum Gasteiger partial charge on any atom is -0.497 e. The van der Waals surface area contributed by atoms with Gasteiger partial charge < -0.3 is 14.8 Å². The quantitative estimate of drug-likeness (QED) is 0.499. The number of nitrogens with one attached hydrogen (secondary N) is 1. The Hall–Kier alpha value is -3.77. The summed E-state index contributed by atoms with van der Waals surface area (Å²) in [6.07, 6.45) is 0. The van der Waals surface area contributed by atoms with Crippen molar-refractivity contribution in [3.63, 3.8) is 0 Å². The number of rotatable bonds is 6. The van der Waals surface area contributed by atoms with Gasteiger partial charge in [0, 0.05) is 10.7 Å². The van der Waals surface area contributed by atoms with Gasteiger partial charge in [0.15, 0.2) is 0 Å². The van der Waals surface area contributed by atoms with Crippen LogP contribution in [-0.2, 0) is 9.59 Å². The lowest BCUT2D eigenvalue weighted by Gasteiger charge is -2.19. The third kappa shape index (κ3) is 4.17. The van der Waals surface area contributed by atoms with E-state index in [-0.39, 0.29) is 11.3 Å². The number of amides is 2. The average molecular weight is 463 g/mol. The van der Waals surface area contributed by atoms with Crippen LogP contribution in [0.1, 0.15) is 16.7 Å². The molecule has 0 spiro atoms. The van der Waals surface area contributed by atoms with Crippen LogP contribution in [0.5, 0.6) is 11.5 Å². The number of benzene rings is 3. The number of hydrogen-bond acceptors (Lipinski definition) is 5. The first kappa shape index (κ1) is 22.4. The predicted molar refractivity (Wildman–Crippen MR) is 130 cm³/mol. The Morgan fingerprint density at radius 2 is 1.58 bits per heavy atom. The molecule has 6 nitrogen and oxygen atoms in total. The zero-order chi connectivity index (χ0) is 23.7. The number of anilines is 2. The molecule has 0 fully saturated rings. The van der Waals surface area contributed by atoms with Crippen molar-refractivity contribution in [1.29, 1.82) is 0 Å². The Kier molecular flexibility index (Phi) is 6.11. The van der Waals surface area contributed by atoms with E-state index in [1.165, 1.54) is 7.11 Å². The van der Waals surface area contributed by atoms with Gasteiger partial charge in [-0.2, -0.15) is 0 Å². The zero-order valence-electron chi connectivity index (χ0n) is 18.7. The highest BCUT2D eigenvalue weighted by molar-refractivity contribution is 6.46. The van der Waals surface area contributed by atoms with Gasteiger partial charge in [0.2, 0.25) is 0 Å². The summed E-state index contributed by atoms with van der Waals surface area (Å²) in [5.74, 6) is 0.170. The molecule has 0 aromatic heterocycles. The smallest absolute Gasteiger partial charge is 0.282 e. The lowest BCUT2D eigenvalue weighted by Crippen LogP contribution is -2.32. The van der Waals surface area contributed by atoms with E-state index in [1.54, 1.807) is 61.7 Å². The molecule has 2 amide bonds. The number of carbonyl (C=O) groups is 2. The first-order chi connectivity index (χ1) is 15.8. The maximum Gasteiger partial charge on any atom is 0.282 e. The first-order valence-corrected chi connectivity index (χ1v) is 10.7. The van der Waals surface area contributed by atoms with Crippen LogP contribution in [0.3, 0.4) is 0 Å². The number of carbonyl (C=O) groups excluding carboxylic acids is 2. The van der Waals surface area contributed by atoms with Gasteiger partial charge in [0.05, 0.1) is 25.5 Å². The lowest BCUT2D eigenvalue weighted by molar-refractivity contribution is -0.120. The molecule has 0 radical (unpaired) electrons. The number of hydrogen-bond donors (Lipinski definition) is 1. The van der Waals surface area contributed by atoms with Crippen LogP contribution in [0.15, 0.2) is 66.4 Å². The molecule has 1 N–H and O–H groups in total. The van der Waals surface area contributed by atoms with Crippen molar-refractivity contribution in [3.8, 4) is 11.5 Å². The molecule has 1 aliphatic rings. The highest BCUT2D eigenvalue weighted by Gasteiger charge is 2.41. The van der Waals surface area contributed by atoms with E-state index in [2.05, 4.69) is 5.32 Å². The molecule has 0 aliphatic carbocycles. The molecule has 0 atom stereocenters. The van der Waals surface area contributed by atoms with E-state index in [9.17, 15) is 9.59 Å². The average Bonchev–Trinajstić information content (AvgIpc) is 3.04. The molecule has 0 saturated heterocycles. The number of ether oxygens (including phenoxy) is 2. The second-order valence-corrected chi connectivity index (χ2v) is 8.12. The van der Waals surface area contributed by atoms with E-state index in [1.807, 2.05) is 19.9 Å². The Morgan fingerprint density at radius 1 is 0.848 bits per heavy atom. The highest BCUT2D eigenvalue weighted by Crippen LogP contribution is 2.39. The normalized spacial score (nSPS) is 13.5. The van der Waals surface area contributed by atoms with E-state index >= 15 is 0 Å². The molecule has 0 bridgehead atoms. The lowest BCUT2D eigenvalue weighted by atomic mass is 10.0. The van der Waals surface area contributed by atoms with Crippen LogP contribution in [0, 0.1) is 13.8 Å². The fraction of sp³-hybridized carbons (Fsp3) is 0.154. The third-order valence-electron chi connectivity index (χ3n) is 5.49. The van der Waals surface area contributed by atoms with Gasteiger partial charge in [-0.3, -0.25) is 9.59 Å². The minimum absolute atomic E-state index is 0.180. The van der Waals surface area contributed by atoms with Crippen LogP contribution in [0.4, 0.5) is 11.4 Å². The Labute approximate surface area is 197 Å². The van der Waals surface area contributed by atoms with E-state index in [0.717, 1.165) is 16.0 Å². The number of aryl methyl sites for hydroxylation is 2. The molecule has 1 aliphatic heterocycles. The topological polar surface area (TPSA) is 67.9 Å². The summed E-state index contributed by atoms with van der Waals surface area (Å²) in [5, 5.41) is 3.77. The van der Waals surface area contributed by atoms with Crippen molar-refractivity contribution in [2.75, 3.05) is 24.4 Å². The molecule has 7 heteroatoms. The fourth-order valence-corrected chi connectivity index (χ4v) is 3.99. The molecule has 0 saturated carbocycles. The molecular weight excluding hydrogens is 440 g/mol. The fourth-order valence-electron chi connectivity index (χ4n) is 3.77. The molecule has 168 valence electrons. The maximum absolute atomic E-state index is 13.7. The molecule has 1 heterocycles. The zero-order valence-corrected chi connectivity index (χ0v) is 19.5. The summed E-state index contributed by atoms with van der Waals surface area (Å²) in [5.41, 5.74) is 3.85. The number of methoxy groups -OCH3 is 2. The molecule has 4 rings (SSSR count). The van der Waals surface area contributed by atoms with Crippen molar-refractivity contribution in [3.05, 3.63) is 88.1 Å². The van der Waals surface area contributed by atoms with Gasteiger partial charge in [-0.25, -0.2) is 4.90 Å². The summed E-state index contributed by atoms with van der Waals surface area (Å²) in [6.45, 7) is 3.77. The summed E-state index contributed by atoms with van der Waals surface area (Å²) >= 11 is 6.10. The summed E-state index contributed by atoms with van der Waals surface area (Å²) in [6, 6.07) is 17.7. The van der Waals surface area contributed by atoms with Gasteiger partial charge in [0.1, 0.15) is 17.2 Å². The van der Waals surface area contributed by atoms with Crippen LogP contribution >= 0.6 is 11.6 Å². The third-order valence-corrected chi connectivity index (χ3v) is 5.72. The Morgan fingerprint density at radius 3 is 2.21 bits per heavy atom. The van der Waals surface area contributed by atoms with Gasteiger partial charge >= 0.3 is 0 Å². The van der Waals surface area contributed by atoms with Gasteiger partial charge in [-0.15, -0.1) is 0 Å². The summed E-state index contributed by atoms with van der Waals surface area (Å²) in [4.78, 5) is 28.5. The standard InChI is InChI=1S/C26H23ClN2O4/c1-15-5-12-22(33-4)21(13-15)29-25(30)23(17-6-9-19(32-3)10-7-17)24(26(29)31)28-20-11-8-18(27)14-16(20)2/h5-14,28H,1-4H3. The van der Waals surface area contributed by atoms with Crippen molar-refractivity contribution < 1.29 is 19.1 Å². The van der Waals surface area contributed by atoms with E-state index in [4.69, 9.17) is 21.1 Å². The van der Waals surface area contributed by atoms with Crippen LogP contribution < -0.4 is 19.7 Å². The van der Waals surface area contributed by atoms with Crippen molar-refractivity contribution >= 4 is 40.4 Å². The molecular formula is C26H23ClN2O4. The summed E-state index contributed by atoms with van der Waals surface area (Å²) < 4.78 is 10.7. The van der Waals surface area contributed by atoms with Crippen molar-refractivity contribution in [2.45, 2.75) is 13.8 Å². The molecule has 3 aromatic rings. The number of imide groups is 1. The Bertz CT molecular complexity index is 1280. The highest BCUT2D eigenvalue weighted by atomic mass is 35.5. The van der Waals surface area contributed by atoms with Crippen LogP contribution in [0.25, 0.3) is 5.57 Å². The predicted octanol–water partition coefficient (Wildman–Crippen LogP) is 5.37. The number of halogens is 1. The van der Waals surface area contributed by atoms with Gasteiger partial charge in [-0.1, -0.05) is 29.8 Å². The van der Waals surface area contributed by atoms with E-state index < -0.39 is 11.8 Å². The second kappa shape index (κ2) is 9.00. The van der Waals surface area contributed by atoms with Crippen molar-refractivity contribution in [1.82, 2.24) is 0 Å². The van der Waals surface area contributed by atoms with Gasteiger partial charge in [-0.05, 0) is 73.0 Å². The SMILES string of the molecule is COc1ccc(C2=C(Nc3ccc(Cl)cc3C)C(=O)N(c3cc(C)ccc3OC)C2=O)cc1. The molecule has 0 unspecified atom stereocenters. The largest absolute Gasteiger partial charge is 0.497 e. The second-order valence-electron chi connectivity index (χ2n) is 7.68. The minimum atomic E-state index is -0.468. The van der Waals surface area contributed by atoms with Crippen LogP contribution in [-0.4, -0.2) is 26.0 Å². The molecule has 3 aromatic carbocycles. The number of nitrogens with zero attached hydrogens (tertiary/aromatic N) is 1. The monoisotopic (exact) mass is 462 g/mol. The molecule has 33 heavy (non-hydrogen) atoms. The van der Waals surface area contributed by atoms with Gasteiger partial charge in [0.25, 0.3) is 11.8 Å². The first-order valence-electron chi connectivity index (χ1n) is 10.3. The van der Waals surface area contributed by atoms with E-state index in [0.29, 0.717) is 33.5 Å². The summed E-state index contributed by atoms with van der Waals surface area (Å²) in [7, 11) is 3.08.